The van der Waals surface area contributed by atoms with Crippen LogP contribution in [0.4, 0.5) is 5.69 Å². The number of anilines is 1. The van der Waals surface area contributed by atoms with Crippen LogP contribution in [0.3, 0.4) is 0 Å². The Labute approximate surface area is 123 Å². The molecule has 0 bridgehead atoms. The van der Waals surface area contributed by atoms with Gasteiger partial charge in [-0.25, -0.2) is 0 Å². The van der Waals surface area contributed by atoms with E-state index in [1.54, 1.807) is 7.11 Å². The molecule has 1 aromatic rings. The van der Waals surface area contributed by atoms with Crippen molar-refractivity contribution in [3.63, 3.8) is 0 Å². The summed E-state index contributed by atoms with van der Waals surface area (Å²) >= 11 is 0. The highest BCUT2D eigenvalue weighted by molar-refractivity contribution is 5.54. The van der Waals surface area contributed by atoms with Crippen molar-refractivity contribution in [1.82, 2.24) is 5.32 Å². The van der Waals surface area contributed by atoms with E-state index in [9.17, 15) is 0 Å². The average Bonchev–Trinajstić information content (AvgIpc) is 2.44. The lowest BCUT2D eigenvalue weighted by molar-refractivity contribution is 0.154. The Hall–Kier alpha value is -1.10. The summed E-state index contributed by atoms with van der Waals surface area (Å²) in [6.07, 6.45) is 0. The maximum Gasteiger partial charge on any atom is 0.0641 e. The first-order valence-corrected chi connectivity index (χ1v) is 7.27. The van der Waals surface area contributed by atoms with E-state index in [4.69, 9.17) is 9.47 Å². The van der Waals surface area contributed by atoms with E-state index < -0.39 is 0 Å². The molecule has 0 aromatic heterocycles. The zero-order valence-electron chi connectivity index (χ0n) is 13.2. The highest BCUT2D eigenvalue weighted by Crippen LogP contribution is 2.20. The second-order valence-corrected chi connectivity index (χ2v) is 4.92. The molecule has 0 atom stereocenters. The molecular weight excluding hydrogens is 252 g/mol. The molecule has 1 rings (SSSR count). The van der Waals surface area contributed by atoms with Gasteiger partial charge >= 0.3 is 0 Å². The summed E-state index contributed by atoms with van der Waals surface area (Å²) in [4.78, 5) is 2.25. The lowest BCUT2D eigenvalue weighted by Crippen LogP contribution is -2.25. The first kappa shape index (κ1) is 17.0. The molecule has 0 aliphatic rings. The van der Waals surface area contributed by atoms with Crippen LogP contribution in [-0.4, -0.2) is 47.1 Å². The lowest BCUT2D eigenvalue weighted by atomic mass is 10.1. The van der Waals surface area contributed by atoms with Gasteiger partial charge in [0.15, 0.2) is 0 Å². The molecule has 0 radical (unpaired) electrons. The van der Waals surface area contributed by atoms with Gasteiger partial charge in [-0.15, -0.1) is 0 Å². The fraction of sp³-hybridized carbons (Fsp3) is 0.625. The molecule has 0 aliphatic carbocycles. The number of nitrogens with zero attached hydrogens (tertiary/aromatic N) is 1. The topological polar surface area (TPSA) is 33.7 Å². The molecule has 1 aromatic carbocycles. The Morgan fingerprint density at radius 1 is 1.25 bits per heavy atom. The first-order chi connectivity index (χ1) is 9.69. The van der Waals surface area contributed by atoms with Crippen LogP contribution in [0.5, 0.6) is 0 Å². The quantitative estimate of drug-likeness (QED) is 0.666. The van der Waals surface area contributed by atoms with E-state index in [0.29, 0.717) is 0 Å². The van der Waals surface area contributed by atoms with Crippen molar-refractivity contribution in [2.45, 2.75) is 20.4 Å². The summed E-state index contributed by atoms with van der Waals surface area (Å²) in [6.45, 7) is 9.05. The highest BCUT2D eigenvalue weighted by Gasteiger charge is 2.07. The van der Waals surface area contributed by atoms with Gasteiger partial charge in [0, 0.05) is 46.1 Å². The fourth-order valence-corrected chi connectivity index (χ4v) is 2.09. The number of aryl methyl sites for hydroxylation is 1. The molecular formula is C16H28N2O2. The number of hydrogen-bond donors (Lipinski definition) is 1. The van der Waals surface area contributed by atoms with Gasteiger partial charge in [-0.1, -0.05) is 17.7 Å². The normalized spacial score (nSPS) is 10.8. The van der Waals surface area contributed by atoms with Crippen LogP contribution in [-0.2, 0) is 16.0 Å². The van der Waals surface area contributed by atoms with Crippen molar-refractivity contribution < 1.29 is 9.47 Å². The van der Waals surface area contributed by atoms with Crippen LogP contribution in [0.15, 0.2) is 18.2 Å². The van der Waals surface area contributed by atoms with E-state index in [0.717, 1.165) is 39.5 Å². The van der Waals surface area contributed by atoms with Gasteiger partial charge in [0.1, 0.15) is 0 Å². The molecule has 0 spiro atoms. The number of nitrogens with one attached hydrogen (secondary N) is 1. The molecule has 1 N–H and O–H groups in total. The second kappa shape index (κ2) is 9.75. The Kier molecular flexibility index (Phi) is 8.26. The summed E-state index contributed by atoms with van der Waals surface area (Å²) in [7, 11) is 3.84. The molecule has 0 heterocycles. The molecule has 114 valence electrons. The Morgan fingerprint density at radius 2 is 2.05 bits per heavy atom. The third kappa shape index (κ3) is 5.90. The van der Waals surface area contributed by atoms with E-state index in [2.05, 4.69) is 42.4 Å². The second-order valence-electron chi connectivity index (χ2n) is 4.92. The van der Waals surface area contributed by atoms with Crippen LogP contribution < -0.4 is 10.2 Å². The van der Waals surface area contributed by atoms with Crippen molar-refractivity contribution in [3.8, 4) is 0 Å². The molecule has 0 saturated carbocycles. The van der Waals surface area contributed by atoms with Crippen LogP contribution in [0.25, 0.3) is 0 Å². The maximum atomic E-state index is 5.43. The minimum Gasteiger partial charge on any atom is -0.383 e. The van der Waals surface area contributed by atoms with Crippen LogP contribution >= 0.6 is 0 Å². The van der Waals surface area contributed by atoms with Gasteiger partial charge in [0.2, 0.25) is 0 Å². The van der Waals surface area contributed by atoms with Crippen LogP contribution in [0.2, 0.25) is 0 Å². The molecule has 0 aliphatic heterocycles. The van der Waals surface area contributed by atoms with E-state index >= 15 is 0 Å². The van der Waals surface area contributed by atoms with Crippen molar-refractivity contribution in [2.24, 2.45) is 0 Å². The number of benzene rings is 1. The number of ether oxygens (including phenoxy) is 2. The largest absolute Gasteiger partial charge is 0.383 e. The third-order valence-electron chi connectivity index (χ3n) is 3.22. The standard InChI is InChI=1S/C16H28N2O2/c1-5-20-11-9-18(3)16-7-6-14(2)12-15(16)13-17-8-10-19-4/h6-7,12,17H,5,8-11,13H2,1-4H3. The summed E-state index contributed by atoms with van der Waals surface area (Å²) in [5.41, 5.74) is 3.87. The number of methoxy groups -OCH3 is 1. The Morgan fingerprint density at radius 3 is 2.75 bits per heavy atom. The van der Waals surface area contributed by atoms with Crippen molar-refractivity contribution >= 4 is 5.69 Å². The summed E-state index contributed by atoms with van der Waals surface area (Å²) in [6, 6.07) is 6.59. The minimum atomic E-state index is 0.737. The molecule has 4 nitrogen and oxygen atoms in total. The minimum absolute atomic E-state index is 0.737. The van der Waals surface area contributed by atoms with Crippen LogP contribution in [0.1, 0.15) is 18.1 Å². The first-order valence-electron chi connectivity index (χ1n) is 7.27. The summed E-state index contributed by atoms with van der Waals surface area (Å²) < 4.78 is 10.5. The van der Waals surface area contributed by atoms with Crippen molar-refractivity contribution in [3.05, 3.63) is 29.3 Å². The number of rotatable bonds is 10. The average molecular weight is 280 g/mol. The van der Waals surface area contributed by atoms with Crippen molar-refractivity contribution in [2.75, 3.05) is 52.0 Å². The van der Waals surface area contributed by atoms with Crippen LogP contribution in [0, 0.1) is 6.92 Å². The SMILES string of the molecule is CCOCCN(C)c1ccc(C)cc1CNCCOC. The number of hydrogen-bond acceptors (Lipinski definition) is 4. The molecule has 0 unspecified atom stereocenters. The van der Waals surface area contributed by atoms with E-state index in [-0.39, 0.29) is 0 Å². The van der Waals surface area contributed by atoms with E-state index in [1.165, 1.54) is 16.8 Å². The molecule has 0 saturated heterocycles. The molecule has 0 amide bonds. The predicted octanol–water partition coefficient (Wildman–Crippen LogP) is 2.20. The number of likely N-dealkylation sites (N-methyl/N-ethyl adjacent to an activating group) is 1. The Balaban J connectivity index is 2.63. The smallest absolute Gasteiger partial charge is 0.0641 e. The zero-order valence-corrected chi connectivity index (χ0v) is 13.2. The van der Waals surface area contributed by atoms with Gasteiger partial charge in [0.25, 0.3) is 0 Å². The third-order valence-corrected chi connectivity index (χ3v) is 3.22. The van der Waals surface area contributed by atoms with E-state index in [1.807, 2.05) is 6.92 Å². The van der Waals surface area contributed by atoms with Crippen molar-refractivity contribution in [1.29, 1.82) is 0 Å². The summed E-state index contributed by atoms with van der Waals surface area (Å²) in [5.74, 6) is 0. The predicted molar refractivity (Wildman–Crippen MR) is 84.5 cm³/mol. The molecule has 20 heavy (non-hydrogen) atoms. The fourth-order valence-electron chi connectivity index (χ4n) is 2.09. The van der Waals surface area contributed by atoms with Gasteiger partial charge in [-0.2, -0.15) is 0 Å². The zero-order chi connectivity index (χ0) is 14.8. The van der Waals surface area contributed by atoms with Gasteiger partial charge in [0.05, 0.1) is 13.2 Å². The highest BCUT2D eigenvalue weighted by atomic mass is 16.5. The monoisotopic (exact) mass is 280 g/mol. The lowest BCUT2D eigenvalue weighted by Gasteiger charge is -2.23. The molecule has 0 fully saturated rings. The van der Waals surface area contributed by atoms with Gasteiger partial charge in [-0.3, -0.25) is 0 Å². The van der Waals surface area contributed by atoms with Gasteiger partial charge in [-0.05, 0) is 25.5 Å². The molecule has 4 heteroatoms. The maximum absolute atomic E-state index is 5.43. The summed E-state index contributed by atoms with van der Waals surface area (Å²) in [5, 5.41) is 3.41. The Bertz CT molecular complexity index is 383. The van der Waals surface area contributed by atoms with Gasteiger partial charge < -0.3 is 19.7 Å².